The molecule has 3 fully saturated rings. The number of fused-ring (bicyclic) bond motifs is 7. The Balaban J connectivity index is 0.000000124. The van der Waals surface area contributed by atoms with E-state index in [9.17, 15) is 19.5 Å². The molecule has 4 aromatic heterocycles. The van der Waals surface area contributed by atoms with Gasteiger partial charge in [0, 0.05) is 81.6 Å². The van der Waals surface area contributed by atoms with Crippen molar-refractivity contribution < 1.29 is 37.4 Å². The van der Waals surface area contributed by atoms with Crippen LogP contribution in [0.15, 0.2) is 120 Å². The first-order valence-electron chi connectivity index (χ1n) is 25.2. The number of anilines is 2. The third kappa shape index (κ3) is 10.7. The maximum atomic E-state index is 12.4. The molecule has 0 amide bonds. The van der Waals surface area contributed by atoms with Crippen molar-refractivity contribution in [1.82, 2.24) is 14.9 Å². The van der Waals surface area contributed by atoms with Crippen LogP contribution in [-0.4, -0.2) is 91.1 Å². The molecule has 0 bridgehead atoms. The second kappa shape index (κ2) is 21.7. The zero-order valence-electron chi connectivity index (χ0n) is 41.1. The first-order chi connectivity index (χ1) is 35.1. The predicted octanol–water partition coefficient (Wildman–Crippen LogP) is 9.38. The summed E-state index contributed by atoms with van der Waals surface area (Å²) in [5.41, 5.74) is 2.09. The third-order valence-electron chi connectivity index (χ3n) is 14.0. The Hall–Kier alpha value is -7.07. The van der Waals surface area contributed by atoms with Gasteiger partial charge in [-0.05, 0) is 92.4 Å². The minimum atomic E-state index is -0.381. The highest BCUT2D eigenvalue weighted by Crippen LogP contribution is 2.35. The number of carbonyl (C=O) groups is 1. The minimum Gasteiger partial charge on any atom is -0.507 e. The number of furan rings is 1. The Morgan fingerprint density at radius 2 is 1.40 bits per heavy atom. The van der Waals surface area contributed by atoms with Gasteiger partial charge in [-0.3, -0.25) is 9.69 Å². The molecular formula is C57H61N5O10. The molecule has 2 unspecified atom stereocenters. The molecule has 4 aliphatic rings. The van der Waals surface area contributed by atoms with E-state index in [1.807, 2.05) is 74.5 Å². The summed E-state index contributed by atoms with van der Waals surface area (Å²) in [6.45, 7) is 10.5. The van der Waals surface area contributed by atoms with Crippen LogP contribution in [0.3, 0.4) is 0 Å². The molecule has 72 heavy (non-hydrogen) atoms. The average molecular weight is 976 g/mol. The van der Waals surface area contributed by atoms with Gasteiger partial charge in [0.25, 0.3) is 0 Å². The van der Waals surface area contributed by atoms with Crippen LogP contribution in [0.2, 0.25) is 0 Å². The molecule has 374 valence electrons. The Morgan fingerprint density at radius 3 is 2.11 bits per heavy atom. The van der Waals surface area contributed by atoms with Crippen molar-refractivity contribution in [2.24, 2.45) is 5.92 Å². The quantitative estimate of drug-likeness (QED) is 0.0660. The van der Waals surface area contributed by atoms with Gasteiger partial charge >= 0.3 is 17.2 Å². The van der Waals surface area contributed by atoms with E-state index in [1.165, 1.54) is 12.0 Å². The second-order valence-corrected chi connectivity index (χ2v) is 19.3. The molecule has 2 saturated heterocycles. The highest BCUT2D eigenvalue weighted by molar-refractivity contribution is 6.06. The number of carbonyl (C=O) groups excluding carboxylic acids is 1. The summed E-state index contributed by atoms with van der Waals surface area (Å²) in [7, 11) is 2.11. The van der Waals surface area contributed by atoms with Crippen molar-refractivity contribution in [3.8, 4) is 11.5 Å². The molecule has 3 aliphatic heterocycles. The van der Waals surface area contributed by atoms with Crippen molar-refractivity contribution in [2.75, 3.05) is 62.8 Å². The molecule has 1 aliphatic carbocycles. The van der Waals surface area contributed by atoms with Crippen molar-refractivity contribution in [3.63, 3.8) is 0 Å². The molecule has 12 rings (SSSR count). The van der Waals surface area contributed by atoms with Crippen LogP contribution in [0.4, 0.5) is 11.6 Å². The van der Waals surface area contributed by atoms with Crippen molar-refractivity contribution >= 4 is 61.1 Å². The number of rotatable bonds is 8. The highest BCUT2D eigenvalue weighted by Gasteiger charge is 2.28. The Labute approximate surface area is 416 Å². The van der Waals surface area contributed by atoms with E-state index in [0.29, 0.717) is 39.8 Å². The van der Waals surface area contributed by atoms with E-state index in [-0.39, 0.29) is 41.1 Å². The van der Waals surface area contributed by atoms with Crippen LogP contribution in [0.5, 0.6) is 11.5 Å². The molecule has 1 saturated carbocycles. The monoisotopic (exact) mass is 975 g/mol. The SMILES string of the molecule is CC1CN(Cc2c(O)ccc3c2oc(=O)c2ccccc23)CC(C)O1.CN1CCc2c1nc(CCc1ccco1)nc2N1CCOCC1.O=C(Oc1ccc2c(c1)oc(=O)c1ccccc12)C1CCCCC1. The average Bonchev–Trinajstić information content (AvgIpc) is 4.07. The van der Waals surface area contributed by atoms with Gasteiger partial charge in [-0.1, -0.05) is 55.7 Å². The first kappa shape index (κ1) is 48.6. The molecule has 0 spiro atoms. The van der Waals surface area contributed by atoms with Crippen molar-refractivity contribution in [3.05, 3.63) is 141 Å². The molecule has 4 aromatic carbocycles. The minimum absolute atomic E-state index is 0.0157. The fourth-order valence-corrected chi connectivity index (χ4v) is 10.5. The van der Waals surface area contributed by atoms with Crippen molar-refractivity contribution in [2.45, 2.75) is 84.0 Å². The molecule has 7 heterocycles. The van der Waals surface area contributed by atoms with E-state index in [1.54, 1.807) is 36.6 Å². The van der Waals surface area contributed by atoms with Gasteiger partial charge in [0.15, 0.2) is 0 Å². The largest absolute Gasteiger partial charge is 0.507 e. The number of aryl methyl sites for hydroxylation is 2. The summed E-state index contributed by atoms with van der Waals surface area (Å²) >= 11 is 0. The number of ether oxygens (including phenoxy) is 3. The number of nitrogens with zero attached hydrogens (tertiary/aromatic N) is 5. The molecule has 8 aromatic rings. The van der Waals surface area contributed by atoms with Gasteiger partial charge in [0.05, 0.1) is 53.9 Å². The number of morpholine rings is 2. The lowest BCUT2D eigenvalue weighted by atomic mass is 9.89. The molecule has 15 heteroatoms. The number of hydrogen-bond donors (Lipinski definition) is 1. The number of phenols is 1. The van der Waals surface area contributed by atoms with E-state index in [4.69, 9.17) is 37.4 Å². The number of esters is 1. The fourth-order valence-electron chi connectivity index (χ4n) is 10.5. The molecule has 1 N–H and O–H groups in total. The van der Waals surface area contributed by atoms with Gasteiger partial charge in [-0.15, -0.1) is 0 Å². The number of aromatic nitrogens is 2. The van der Waals surface area contributed by atoms with Crippen molar-refractivity contribution in [1.29, 1.82) is 0 Å². The maximum Gasteiger partial charge on any atom is 0.344 e. The first-order valence-corrected chi connectivity index (χ1v) is 25.2. The number of hydrogen-bond acceptors (Lipinski definition) is 15. The van der Waals surface area contributed by atoms with Gasteiger partial charge in [-0.2, -0.15) is 0 Å². The Morgan fingerprint density at radius 1 is 0.736 bits per heavy atom. The number of likely N-dealkylation sites (N-methyl/N-ethyl adjacent to an activating group) is 1. The lowest BCUT2D eigenvalue weighted by molar-refractivity contribution is -0.139. The molecule has 15 nitrogen and oxygen atoms in total. The van der Waals surface area contributed by atoms with Gasteiger partial charge in [0.2, 0.25) is 0 Å². The van der Waals surface area contributed by atoms with Crippen LogP contribution < -0.4 is 25.8 Å². The summed E-state index contributed by atoms with van der Waals surface area (Å²) in [5.74, 6) is 4.46. The fraction of sp³-hybridized carbons (Fsp3) is 0.386. The molecule has 0 radical (unpaired) electrons. The zero-order chi connectivity index (χ0) is 49.7. The van der Waals surface area contributed by atoms with Crippen LogP contribution in [0.25, 0.3) is 43.5 Å². The standard InChI is InChI=1S/C20H21NO4.C20H18O4.C17H22N4O2/c1-12-9-21(10-13(2)24-12)11-17-18(22)8-7-15-14-5-3-4-6-16(14)20(23)25-19(15)17;21-19(13-6-2-1-3-7-13)23-14-10-11-16-15-8-4-5-9-17(15)20(22)24-18(16)12-14;1-20-7-6-14-16(20)18-15(5-4-13-3-2-10-23-13)19-17(14)21-8-11-22-12-9-21/h3-8,12-13,22H,9-11H2,1-2H3;4-5,8-13H,1-3,6-7H2;2-3,10H,4-9,11-12H2,1H3. The van der Waals surface area contributed by atoms with Crippen LogP contribution in [0, 0.1) is 5.92 Å². The smallest absolute Gasteiger partial charge is 0.344 e. The summed E-state index contributed by atoms with van der Waals surface area (Å²) in [6, 6.07) is 27.4. The van der Waals surface area contributed by atoms with Crippen LogP contribution in [-0.2, 0) is 40.1 Å². The summed E-state index contributed by atoms with van der Waals surface area (Å²) < 4.78 is 33.2. The number of phenolic OH excluding ortho intramolecular Hbond substituents is 1. The highest BCUT2D eigenvalue weighted by atomic mass is 16.5. The zero-order valence-corrected chi connectivity index (χ0v) is 41.1. The summed E-state index contributed by atoms with van der Waals surface area (Å²) in [4.78, 5) is 53.2. The Kier molecular flexibility index (Phi) is 14.7. The summed E-state index contributed by atoms with van der Waals surface area (Å²) in [5, 5.41) is 14.9. The number of aromatic hydroxyl groups is 1. The maximum absolute atomic E-state index is 12.4. The lowest BCUT2D eigenvalue weighted by Crippen LogP contribution is -2.44. The summed E-state index contributed by atoms with van der Waals surface area (Å²) in [6.07, 6.45) is 9.78. The Bertz CT molecular complexity index is 3310. The van der Waals surface area contributed by atoms with E-state index in [2.05, 4.69) is 21.7 Å². The van der Waals surface area contributed by atoms with Crippen LogP contribution >= 0.6 is 0 Å². The molecule has 2 atom stereocenters. The van der Waals surface area contributed by atoms with Crippen LogP contribution in [0.1, 0.15) is 68.7 Å². The van der Waals surface area contributed by atoms with E-state index < -0.39 is 0 Å². The third-order valence-corrected chi connectivity index (χ3v) is 14.0. The second-order valence-electron chi connectivity index (χ2n) is 19.3. The van der Waals surface area contributed by atoms with E-state index >= 15 is 0 Å². The van der Waals surface area contributed by atoms with E-state index in [0.717, 1.165) is 136 Å². The van der Waals surface area contributed by atoms with Gasteiger partial charge in [-0.25, -0.2) is 19.6 Å². The molecular weight excluding hydrogens is 915 g/mol. The normalized spacial score (nSPS) is 18.4. The number of benzene rings is 4. The van der Waals surface area contributed by atoms with Gasteiger partial charge in [0.1, 0.15) is 45.9 Å². The van der Waals surface area contributed by atoms with Gasteiger partial charge < -0.3 is 42.4 Å². The topological polar surface area (TPSA) is 174 Å². The lowest BCUT2D eigenvalue weighted by Gasteiger charge is -2.35. The predicted molar refractivity (Wildman–Crippen MR) is 277 cm³/mol.